The second-order valence-electron chi connectivity index (χ2n) is 5.26. The third-order valence-electron chi connectivity index (χ3n) is 2.90. The van der Waals surface area contributed by atoms with Gasteiger partial charge in [0, 0.05) is 32.2 Å². The van der Waals surface area contributed by atoms with Crippen LogP contribution in [0.25, 0.3) is 0 Å². The van der Waals surface area contributed by atoms with E-state index in [1.54, 1.807) is 7.11 Å². The van der Waals surface area contributed by atoms with Crippen molar-refractivity contribution in [1.82, 2.24) is 10.2 Å². The van der Waals surface area contributed by atoms with Gasteiger partial charge in [-0.15, -0.1) is 24.0 Å². The molecule has 0 aromatic heterocycles. The minimum absolute atomic E-state index is 0. The molecule has 120 valence electrons. The van der Waals surface area contributed by atoms with Crippen LogP contribution in [0, 0.1) is 5.92 Å². The van der Waals surface area contributed by atoms with E-state index in [0.717, 1.165) is 36.9 Å². The zero-order valence-electron chi connectivity index (χ0n) is 13.7. The van der Waals surface area contributed by atoms with Gasteiger partial charge >= 0.3 is 0 Å². The van der Waals surface area contributed by atoms with Crippen molar-refractivity contribution in [2.45, 2.75) is 27.3 Å². The predicted octanol–water partition coefficient (Wildman–Crippen LogP) is 3.37. The minimum Gasteiger partial charge on any atom is -0.496 e. The molecule has 0 amide bonds. The summed E-state index contributed by atoms with van der Waals surface area (Å²) in [5.41, 5.74) is 1.16. The average Bonchev–Trinajstić information content (AvgIpc) is 2.43. The Balaban J connectivity index is 0.00000400. The summed E-state index contributed by atoms with van der Waals surface area (Å²) < 4.78 is 5.40. The number of rotatable bonds is 6. The van der Waals surface area contributed by atoms with Gasteiger partial charge in [-0.05, 0) is 18.9 Å². The number of methoxy groups -OCH3 is 1. The van der Waals surface area contributed by atoms with Crippen LogP contribution < -0.4 is 10.1 Å². The summed E-state index contributed by atoms with van der Waals surface area (Å²) in [4.78, 5) is 6.78. The highest BCUT2D eigenvalue weighted by Crippen LogP contribution is 2.18. The fraction of sp³-hybridized carbons (Fsp3) is 0.562. The summed E-state index contributed by atoms with van der Waals surface area (Å²) >= 11 is 0. The summed E-state index contributed by atoms with van der Waals surface area (Å²) in [6.07, 6.45) is 0. The van der Waals surface area contributed by atoms with Crippen molar-refractivity contribution in [3.63, 3.8) is 0 Å². The molecule has 1 rings (SSSR count). The Labute approximate surface area is 146 Å². The number of ether oxygens (including phenoxy) is 1. The number of nitrogens with zero attached hydrogens (tertiary/aromatic N) is 2. The first kappa shape index (κ1) is 20.0. The molecule has 0 unspecified atom stereocenters. The predicted molar refractivity (Wildman–Crippen MR) is 101 cm³/mol. The number of hydrogen-bond acceptors (Lipinski definition) is 2. The number of guanidine groups is 1. The molecule has 0 fully saturated rings. The van der Waals surface area contributed by atoms with E-state index in [-0.39, 0.29) is 24.0 Å². The Morgan fingerprint density at radius 1 is 1.33 bits per heavy atom. The molecule has 0 saturated carbocycles. The molecule has 4 nitrogen and oxygen atoms in total. The van der Waals surface area contributed by atoms with E-state index < -0.39 is 0 Å². The Bertz CT molecular complexity index is 435. The number of hydrogen-bond donors (Lipinski definition) is 1. The van der Waals surface area contributed by atoms with Crippen LogP contribution in [-0.2, 0) is 6.54 Å². The first-order valence-corrected chi connectivity index (χ1v) is 7.19. The van der Waals surface area contributed by atoms with Crippen molar-refractivity contribution in [3.05, 3.63) is 29.8 Å². The van der Waals surface area contributed by atoms with E-state index in [1.807, 2.05) is 25.2 Å². The highest BCUT2D eigenvalue weighted by molar-refractivity contribution is 14.0. The molecule has 0 bridgehead atoms. The number of benzene rings is 1. The van der Waals surface area contributed by atoms with E-state index >= 15 is 0 Å². The number of aliphatic imine (C=N–C) groups is 1. The molecule has 0 heterocycles. The lowest BCUT2D eigenvalue weighted by Crippen LogP contribution is -2.38. The topological polar surface area (TPSA) is 36.9 Å². The third kappa shape index (κ3) is 7.02. The zero-order chi connectivity index (χ0) is 15.0. The van der Waals surface area contributed by atoms with Crippen LogP contribution >= 0.6 is 24.0 Å². The smallest absolute Gasteiger partial charge is 0.193 e. The minimum atomic E-state index is 0. The second kappa shape index (κ2) is 10.7. The lowest BCUT2D eigenvalue weighted by atomic mass is 10.2. The zero-order valence-corrected chi connectivity index (χ0v) is 16.0. The standard InChI is InChI=1S/C16H27N3O.HI/c1-6-17-16(18-11-13(2)3)19(4)12-14-9-7-8-10-15(14)20-5;/h7-10,13H,6,11-12H2,1-5H3,(H,17,18);1H. The van der Waals surface area contributed by atoms with Crippen LogP contribution in [0.15, 0.2) is 29.3 Å². The first-order valence-electron chi connectivity index (χ1n) is 7.19. The van der Waals surface area contributed by atoms with Gasteiger partial charge in [-0.1, -0.05) is 32.0 Å². The summed E-state index contributed by atoms with van der Waals surface area (Å²) in [6.45, 7) is 8.90. The molecule has 0 radical (unpaired) electrons. The van der Waals surface area contributed by atoms with Crippen molar-refractivity contribution in [1.29, 1.82) is 0 Å². The van der Waals surface area contributed by atoms with Gasteiger partial charge in [0.1, 0.15) is 5.75 Å². The van der Waals surface area contributed by atoms with Crippen LogP contribution in [0.1, 0.15) is 26.3 Å². The summed E-state index contributed by atoms with van der Waals surface area (Å²) in [5, 5.41) is 3.33. The van der Waals surface area contributed by atoms with Crippen molar-refractivity contribution in [3.8, 4) is 5.75 Å². The maximum Gasteiger partial charge on any atom is 0.193 e. The first-order chi connectivity index (χ1) is 9.58. The SMILES string of the molecule is CCNC(=NCC(C)C)N(C)Cc1ccccc1OC.I. The van der Waals surface area contributed by atoms with E-state index in [1.165, 1.54) is 0 Å². The van der Waals surface area contributed by atoms with E-state index in [0.29, 0.717) is 5.92 Å². The number of nitrogens with one attached hydrogen (secondary N) is 1. The lowest BCUT2D eigenvalue weighted by Gasteiger charge is -2.23. The largest absolute Gasteiger partial charge is 0.496 e. The molecule has 5 heteroatoms. The van der Waals surface area contributed by atoms with E-state index in [4.69, 9.17) is 4.74 Å². The summed E-state index contributed by atoms with van der Waals surface area (Å²) in [5.74, 6) is 2.41. The summed E-state index contributed by atoms with van der Waals surface area (Å²) in [7, 11) is 3.76. The molecule has 1 N–H and O–H groups in total. The molecule has 0 aliphatic heterocycles. The fourth-order valence-electron chi connectivity index (χ4n) is 1.90. The van der Waals surface area contributed by atoms with Crippen LogP contribution in [0.5, 0.6) is 5.75 Å². The molecular weight excluding hydrogens is 377 g/mol. The average molecular weight is 405 g/mol. The van der Waals surface area contributed by atoms with Crippen LogP contribution in [0.2, 0.25) is 0 Å². The second-order valence-corrected chi connectivity index (χ2v) is 5.26. The highest BCUT2D eigenvalue weighted by Gasteiger charge is 2.09. The molecule has 1 aromatic rings. The summed E-state index contributed by atoms with van der Waals surface area (Å²) in [6, 6.07) is 8.09. The van der Waals surface area contributed by atoms with Crippen LogP contribution in [-0.4, -0.2) is 38.1 Å². The van der Waals surface area contributed by atoms with Gasteiger partial charge in [0.05, 0.1) is 7.11 Å². The van der Waals surface area contributed by atoms with Gasteiger partial charge in [0.25, 0.3) is 0 Å². The quantitative estimate of drug-likeness (QED) is 0.448. The normalized spacial score (nSPS) is 11.0. The Morgan fingerprint density at radius 2 is 2.00 bits per heavy atom. The molecule has 0 aliphatic rings. The highest BCUT2D eigenvalue weighted by atomic mass is 127. The van der Waals surface area contributed by atoms with Gasteiger partial charge in [0.15, 0.2) is 5.96 Å². The van der Waals surface area contributed by atoms with Crippen molar-refractivity contribution < 1.29 is 4.74 Å². The molecule has 0 spiro atoms. The van der Waals surface area contributed by atoms with Crippen molar-refractivity contribution >= 4 is 29.9 Å². The Kier molecular flexibility index (Phi) is 10.2. The molecular formula is C16H28IN3O. The number of halogens is 1. The Hall–Kier alpha value is -0.980. The van der Waals surface area contributed by atoms with Crippen LogP contribution in [0.3, 0.4) is 0 Å². The Morgan fingerprint density at radius 3 is 2.57 bits per heavy atom. The maximum atomic E-state index is 5.40. The van der Waals surface area contributed by atoms with Crippen LogP contribution in [0.4, 0.5) is 0 Å². The monoisotopic (exact) mass is 405 g/mol. The molecule has 0 saturated heterocycles. The van der Waals surface area contributed by atoms with Gasteiger partial charge in [-0.3, -0.25) is 4.99 Å². The third-order valence-corrected chi connectivity index (χ3v) is 2.90. The molecule has 21 heavy (non-hydrogen) atoms. The molecule has 0 aliphatic carbocycles. The van der Waals surface area contributed by atoms with E-state index in [2.05, 4.69) is 42.0 Å². The van der Waals surface area contributed by atoms with E-state index in [9.17, 15) is 0 Å². The van der Waals surface area contributed by atoms with Gasteiger partial charge in [-0.2, -0.15) is 0 Å². The fourth-order valence-corrected chi connectivity index (χ4v) is 1.90. The van der Waals surface area contributed by atoms with Gasteiger partial charge in [-0.25, -0.2) is 0 Å². The van der Waals surface area contributed by atoms with Gasteiger partial charge in [0.2, 0.25) is 0 Å². The molecule has 1 aromatic carbocycles. The van der Waals surface area contributed by atoms with Crippen molar-refractivity contribution in [2.75, 3.05) is 27.2 Å². The molecule has 0 atom stereocenters. The van der Waals surface area contributed by atoms with Crippen molar-refractivity contribution in [2.24, 2.45) is 10.9 Å². The number of para-hydroxylation sites is 1. The maximum absolute atomic E-state index is 5.40. The van der Waals surface area contributed by atoms with Gasteiger partial charge < -0.3 is 15.0 Å². The lowest BCUT2D eigenvalue weighted by molar-refractivity contribution is 0.396.